The van der Waals surface area contributed by atoms with Crippen molar-refractivity contribution in [3.63, 3.8) is 0 Å². The first-order chi connectivity index (χ1) is 10.2. The number of rotatable bonds is 4. The van der Waals surface area contributed by atoms with Crippen LogP contribution in [0.2, 0.25) is 0 Å². The molecule has 22 heavy (non-hydrogen) atoms. The molecule has 2 aromatic rings. The van der Waals surface area contributed by atoms with Crippen molar-refractivity contribution in [3.8, 4) is 0 Å². The average Bonchev–Trinajstić information content (AvgIpc) is 2.64. The summed E-state index contributed by atoms with van der Waals surface area (Å²) in [4.78, 5) is 11.2. The minimum Gasteiger partial charge on any atom is -0.481 e. The minimum atomic E-state index is -1.11. The predicted molar refractivity (Wildman–Crippen MR) is 72.7 cm³/mol. The first-order valence-electron chi connectivity index (χ1n) is 6.67. The number of imidazole rings is 1. The number of hydrogen-bond acceptors (Lipinski definition) is 2. The van der Waals surface area contributed by atoms with Crippen LogP contribution in [0.1, 0.15) is 35.1 Å². The van der Waals surface area contributed by atoms with Gasteiger partial charge in [-0.15, -0.1) is 0 Å². The maximum Gasteiger partial charge on any atom is 0.304 e. The van der Waals surface area contributed by atoms with Crippen LogP contribution in [0.25, 0.3) is 0 Å². The fourth-order valence-corrected chi connectivity index (χ4v) is 2.53. The lowest BCUT2D eigenvalue weighted by molar-refractivity contribution is -0.686. The van der Waals surface area contributed by atoms with E-state index in [1.165, 1.54) is 6.07 Å². The molecule has 1 unspecified atom stereocenters. The van der Waals surface area contributed by atoms with Gasteiger partial charge in [-0.2, -0.15) is 0 Å². The summed E-state index contributed by atoms with van der Waals surface area (Å²) in [7, 11) is 1.68. The number of carboxylic acid groups (broad SMARTS) is 1. The maximum absolute atomic E-state index is 13.5. The summed E-state index contributed by atoms with van der Waals surface area (Å²) in [6, 6.07) is 3.23. The molecule has 7 heteroatoms. The minimum absolute atomic E-state index is 0.282. The molecule has 1 heterocycles. The second-order valence-corrected chi connectivity index (χ2v) is 5.22. The molecule has 0 amide bonds. The average molecular weight is 311 g/mol. The van der Waals surface area contributed by atoms with Crippen LogP contribution >= 0.6 is 0 Å². The topological polar surface area (TPSA) is 66.3 Å². The number of carboxylic acids is 1. The molecule has 0 aliphatic heterocycles. The Morgan fingerprint density at radius 1 is 1.32 bits per heavy atom. The van der Waals surface area contributed by atoms with E-state index in [1.54, 1.807) is 25.5 Å². The van der Waals surface area contributed by atoms with E-state index in [0.717, 1.165) is 22.6 Å². The molecule has 0 fully saturated rings. The molecule has 0 aliphatic rings. The van der Waals surface area contributed by atoms with Crippen molar-refractivity contribution in [2.24, 2.45) is 7.05 Å². The Morgan fingerprint density at radius 2 is 1.95 bits per heavy atom. The van der Waals surface area contributed by atoms with Crippen LogP contribution < -0.4 is 4.57 Å². The second-order valence-electron chi connectivity index (χ2n) is 5.22. The third-order valence-electron chi connectivity index (χ3n) is 3.94. The van der Waals surface area contributed by atoms with Gasteiger partial charge in [-0.25, -0.2) is 13.3 Å². The Labute approximate surface area is 126 Å². The Bertz CT molecular complexity index is 715. The van der Waals surface area contributed by atoms with Gasteiger partial charge in [0.1, 0.15) is 5.69 Å². The summed E-state index contributed by atoms with van der Waals surface area (Å²) in [5.41, 5.74) is 1.58. The molecular formula is C15H17F2N2O3+. The number of carbonyl (C=O) groups is 1. The zero-order valence-electron chi connectivity index (χ0n) is 12.5. The van der Waals surface area contributed by atoms with Gasteiger partial charge in [0.2, 0.25) is 0 Å². The second kappa shape index (κ2) is 5.75. The Hall–Kier alpha value is -2.44. The highest BCUT2D eigenvalue weighted by Gasteiger charge is 2.34. The van der Waals surface area contributed by atoms with E-state index in [9.17, 15) is 18.8 Å². The van der Waals surface area contributed by atoms with Crippen LogP contribution in [-0.4, -0.2) is 21.0 Å². The maximum atomic E-state index is 13.5. The fourth-order valence-electron chi connectivity index (χ4n) is 2.53. The Balaban J connectivity index is 2.63. The zero-order chi connectivity index (χ0) is 16.6. The lowest BCUT2D eigenvalue weighted by atomic mass is 9.94. The number of benzene rings is 1. The van der Waals surface area contributed by atoms with E-state index < -0.39 is 23.5 Å². The molecule has 0 spiro atoms. The lowest BCUT2D eigenvalue weighted by Crippen LogP contribution is -2.37. The van der Waals surface area contributed by atoms with Crippen molar-refractivity contribution in [3.05, 3.63) is 52.6 Å². The molecular weight excluding hydrogens is 294 g/mol. The van der Waals surface area contributed by atoms with Crippen molar-refractivity contribution in [2.45, 2.75) is 26.2 Å². The molecule has 2 rings (SSSR count). The monoisotopic (exact) mass is 311 g/mol. The molecule has 2 N–H and O–H groups in total. The number of nitrogens with zero attached hydrogens (tertiary/aromatic N) is 2. The molecule has 0 saturated carbocycles. The van der Waals surface area contributed by atoms with Gasteiger partial charge in [0, 0.05) is 13.8 Å². The summed E-state index contributed by atoms with van der Waals surface area (Å²) in [6.45, 7) is 3.45. The predicted octanol–water partition coefficient (Wildman–Crippen LogP) is 2.05. The van der Waals surface area contributed by atoms with Gasteiger partial charge >= 0.3 is 11.8 Å². The van der Waals surface area contributed by atoms with Crippen LogP contribution in [0, 0.1) is 25.5 Å². The number of aromatic nitrogens is 2. The van der Waals surface area contributed by atoms with Gasteiger partial charge in [-0.05, 0) is 22.4 Å². The largest absolute Gasteiger partial charge is 0.481 e. The first kappa shape index (κ1) is 15.9. The Kier molecular flexibility index (Phi) is 4.16. The molecule has 0 bridgehead atoms. The van der Waals surface area contributed by atoms with Crippen molar-refractivity contribution >= 4 is 5.97 Å². The normalized spacial score (nSPS) is 12.4. The van der Waals surface area contributed by atoms with Gasteiger partial charge < -0.3 is 10.3 Å². The molecule has 1 aromatic carbocycles. The van der Waals surface area contributed by atoms with Crippen LogP contribution in [0.3, 0.4) is 0 Å². The number of halogens is 2. The van der Waals surface area contributed by atoms with Gasteiger partial charge in [0.05, 0.1) is 19.4 Å². The first-order valence-corrected chi connectivity index (χ1v) is 6.67. The Morgan fingerprint density at radius 3 is 2.41 bits per heavy atom. The molecule has 0 saturated heterocycles. The van der Waals surface area contributed by atoms with E-state index in [-0.39, 0.29) is 12.0 Å². The summed E-state index contributed by atoms with van der Waals surface area (Å²) in [5, 5.41) is 19.3. The van der Waals surface area contributed by atoms with Crippen molar-refractivity contribution in [1.29, 1.82) is 0 Å². The molecule has 0 radical (unpaired) electrons. The standard InChI is InChI=1S/C15H16F2N2O3/c1-8-9(2)19(22)15(18(8)3)11(7-14(20)21)10-4-5-12(16)13(17)6-10/h4-6,11H,7H2,1-3H3,(H-,20,21,22)/p+1. The molecule has 0 aliphatic carbocycles. The molecule has 118 valence electrons. The van der Waals surface area contributed by atoms with E-state index in [0.29, 0.717) is 11.5 Å². The molecule has 5 nitrogen and oxygen atoms in total. The third kappa shape index (κ3) is 2.66. The summed E-state index contributed by atoms with van der Waals surface area (Å²) in [6.07, 6.45) is -0.359. The van der Waals surface area contributed by atoms with Crippen LogP contribution in [0.15, 0.2) is 18.2 Å². The molecule has 1 aromatic heterocycles. The van der Waals surface area contributed by atoms with Crippen molar-refractivity contribution in [1.82, 2.24) is 4.73 Å². The third-order valence-corrected chi connectivity index (χ3v) is 3.94. The SMILES string of the molecule is Cc1c(C)[n+](C)c(C(CC(=O)O)c2ccc(F)c(F)c2)n1O. The van der Waals surface area contributed by atoms with Crippen LogP contribution in [-0.2, 0) is 11.8 Å². The smallest absolute Gasteiger partial charge is 0.304 e. The van der Waals surface area contributed by atoms with E-state index in [1.807, 2.05) is 0 Å². The number of hydrogen-bond donors (Lipinski definition) is 2. The van der Waals surface area contributed by atoms with Crippen LogP contribution in [0.5, 0.6) is 0 Å². The van der Waals surface area contributed by atoms with Gasteiger partial charge in [-0.1, -0.05) is 6.07 Å². The van der Waals surface area contributed by atoms with Crippen molar-refractivity contribution in [2.75, 3.05) is 0 Å². The zero-order valence-corrected chi connectivity index (χ0v) is 12.5. The van der Waals surface area contributed by atoms with Crippen LogP contribution in [0.4, 0.5) is 8.78 Å². The quantitative estimate of drug-likeness (QED) is 0.671. The summed E-state index contributed by atoms with van der Waals surface area (Å²) < 4.78 is 29.1. The van der Waals surface area contributed by atoms with Gasteiger partial charge in [0.25, 0.3) is 0 Å². The number of aliphatic carboxylic acids is 1. The fraction of sp³-hybridized carbons (Fsp3) is 0.333. The van der Waals surface area contributed by atoms with Crippen molar-refractivity contribution < 1.29 is 28.5 Å². The van der Waals surface area contributed by atoms with E-state index >= 15 is 0 Å². The highest BCUT2D eigenvalue weighted by Crippen LogP contribution is 2.28. The lowest BCUT2D eigenvalue weighted by Gasteiger charge is -2.12. The van der Waals surface area contributed by atoms with Gasteiger partial charge in [-0.3, -0.25) is 4.79 Å². The van der Waals surface area contributed by atoms with Gasteiger partial charge in [0.15, 0.2) is 17.3 Å². The highest BCUT2D eigenvalue weighted by molar-refractivity contribution is 5.68. The van der Waals surface area contributed by atoms with E-state index in [2.05, 4.69) is 0 Å². The summed E-state index contributed by atoms with van der Waals surface area (Å²) in [5.74, 6) is -3.68. The highest BCUT2D eigenvalue weighted by atomic mass is 19.2. The van der Waals surface area contributed by atoms with E-state index in [4.69, 9.17) is 5.11 Å². The summed E-state index contributed by atoms with van der Waals surface area (Å²) >= 11 is 0. The molecule has 1 atom stereocenters.